The number of hydrogen-bond acceptors (Lipinski definition) is 2. The maximum absolute atomic E-state index is 12.6. The van der Waals surface area contributed by atoms with Crippen molar-refractivity contribution in [2.24, 2.45) is 0 Å². The van der Waals surface area contributed by atoms with E-state index in [-0.39, 0.29) is 5.75 Å². The zero-order valence-electron chi connectivity index (χ0n) is 11.5. The second-order valence-electron chi connectivity index (χ2n) is 5.24. The summed E-state index contributed by atoms with van der Waals surface area (Å²) >= 11 is 5.92. The summed E-state index contributed by atoms with van der Waals surface area (Å²) in [6.07, 6.45) is 0.769. The Morgan fingerprint density at radius 2 is 1.81 bits per heavy atom. The third kappa shape index (κ3) is 3.28. The van der Waals surface area contributed by atoms with Crippen molar-refractivity contribution in [2.45, 2.75) is 18.7 Å². The second kappa shape index (κ2) is 5.79. The molecule has 2 aromatic carbocycles. The first-order valence-corrected chi connectivity index (χ1v) is 8.82. The summed E-state index contributed by atoms with van der Waals surface area (Å²) in [4.78, 5) is 0. The molecule has 110 valence electrons. The summed E-state index contributed by atoms with van der Waals surface area (Å²) in [5, 5.41) is 0.562. The molecule has 1 aliphatic heterocycles. The molecule has 1 aliphatic rings. The average Bonchev–Trinajstić information content (AvgIpc) is 2.46. The van der Waals surface area contributed by atoms with E-state index in [1.54, 1.807) is 28.6 Å². The molecule has 0 saturated carbocycles. The smallest absolute Gasteiger partial charge is 0.212 e. The molecule has 0 radical (unpaired) electrons. The van der Waals surface area contributed by atoms with Crippen LogP contribution in [0, 0.1) is 0 Å². The van der Waals surface area contributed by atoms with Crippen molar-refractivity contribution in [1.29, 1.82) is 0 Å². The van der Waals surface area contributed by atoms with E-state index >= 15 is 0 Å². The van der Waals surface area contributed by atoms with E-state index in [0.29, 0.717) is 18.1 Å². The summed E-state index contributed by atoms with van der Waals surface area (Å²) in [7, 11) is -3.32. The normalized spacial score (nSPS) is 15.7. The lowest BCUT2D eigenvalue weighted by molar-refractivity contribution is 0.391. The quantitative estimate of drug-likeness (QED) is 0.870. The zero-order chi connectivity index (χ0) is 14.9. The first-order valence-electron chi connectivity index (χ1n) is 6.84. The van der Waals surface area contributed by atoms with Gasteiger partial charge in [-0.3, -0.25) is 0 Å². The first-order chi connectivity index (χ1) is 10.0. The predicted octanol–water partition coefficient (Wildman–Crippen LogP) is 3.23. The van der Waals surface area contributed by atoms with Gasteiger partial charge in [0.2, 0.25) is 10.0 Å². The Morgan fingerprint density at radius 1 is 1.05 bits per heavy atom. The lowest BCUT2D eigenvalue weighted by atomic mass is 10.0. The first kappa shape index (κ1) is 14.6. The van der Waals surface area contributed by atoms with Gasteiger partial charge in [-0.15, -0.1) is 0 Å². The fourth-order valence-corrected chi connectivity index (χ4v) is 4.34. The zero-order valence-corrected chi connectivity index (χ0v) is 13.1. The van der Waals surface area contributed by atoms with Crippen LogP contribution in [0.4, 0.5) is 0 Å². The summed E-state index contributed by atoms with van der Waals surface area (Å²) in [6.45, 7) is 0.999. The highest BCUT2D eigenvalue weighted by Gasteiger charge is 2.26. The Labute approximate surface area is 130 Å². The van der Waals surface area contributed by atoms with Gasteiger partial charge in [0, 0.05) is 18.1 Å². The molecule has 0 fully saturated rings. The van der Waals surface area contributed by atoms with Gasteiger partial charge in [0.15, 0.2) is 0 Å². The van der Waals surface area contributed by atoms with Gasteiger partial charge in [-0.05, 0) is 35.2 Å². The van der Waals surface area contributed by atoms with E-state index in [0.717, 1.165) is 17.5 Å². The molecule has 1 heterocycles. The van der Waals surface area contributed by atoms with Gasteiger partial charge in [0.05, 0.1) is 5.75 Å². The molecule has 0 N–H and O–H groups in total. The van der Waals surface area contributed by atoms with E-state index < -0.39 is 10.0 Å². The van der Waals surface area contributed by atoms with Crippen molar-refractivity contribution in [3.63, 3.8) is 0 Å². The highest BCUT2D eigenvalue weighted by atomic mass is 35.5. The van der Waals surface area contributed by atoms with Gasteiger partial charge in [-0.2, -0.15) is 4.31 Å². The molecule has 21 heavy (non-hydrogen) atoms. The molecule has 0 aliphatic carbocycles. The highest BCUT2D eigenvalue weighted by molar-refractivity contribution is 7.88. The SMILES string of the molecule is O=S(=O)(Cc1cccc(Cl)c1)N1CCc2ccccc2C1. The maximum Gasteiger partial charge on any atom is 0.218 e. The van der Waals surface area contributed by atoms with Crippen molar-refractivity contribution < 1.29 is 8.42 Å². The number of rotatable bonds is 3. The second-order valence-corrected chi connectivity index (χ2v) is 7.64. The average molecular weight is 322 g/mol. The van der Waals surface area contributed by atoms with Crippen molar-refractivity contribution in [3.05, 3.63) is 70.2 Å². The van der Waals surface area contributed by atoms with Crippen molar-refractivity contribution >= 4 is 21.6 Å². The maximum atomic E-state index is 12.6. The molecular weight excluding hydrogens is 306 g/mol. The third-order valence-corrected chi connectivity index (χ3v) is 5.76. The van der Waals surface area contributed by atoms with Crippen molar-refractivity contribution in [2.75, 3.05) is 6.54 Å². The minimum atomic E-state index is -3.32. The van der Waals surface area contributed by atoms with E-state index in [1.807, 2.05) is 18.2 Å². The molecule has 0 aromatic heterocycles. The minimum Gasteiger partial charge on any atom is -0.212 e. The van der Waals surface area contributed by atoms with Crippen LogP contribution in [-0.4, -0.2) is 19.3 Å². The number of halogens is 1. The van der Waals surface area contributed by atoms with E-state index in [4.69, 9.17) is 11.6 Å². The van der Waals surface area contributed by atoms with Crippen LogP contribution in [0.3, 0.4) is 0 Å². The molecule has 0 saturated heterocycles. The Morgan fingerprint density at radius 3 is 2.57 bits per heavy atom. The molecule has 5 heteroatoms. The van der Waals surface area contributed by atoms with Crippen LogP contribution in [0.2, 0.25) is 5.02 Å². The summed E-state index contributed by atoms with van der Waals surface area (Å²) < 4.78 is 26.7. The van der Waals surface area contributed by atoms with Gasteiger partial charge < -0.3 is 0 Å². The Kier molecular flexibility index (Phi) is 4.02. The standard InChI is InChI=1S/C16H16ClNO2S/c17-16-7-3-4-13(10-16)12-21(19,20)18-9-8-14-5-1-2-6-15(14)11-18/h1-7,10H,8-9,11-12H2. The Balaban J connectivity index is 1.80. The summed E-state index contributed by atoms with van der Waals surface area (Å²) in [6, 6.07) is 15.0. The number of hydrogen-bond donors (Lipinski definition) is 0. The van der Waals surface area contributed by atoms with Gasteiger partial charge in [0.25, 0.3) is 0 Å². The van der Waals surface area contributed by atoms with E-state index in [2.05, 4.69) is 6.07 Å². The fraction of sp³-hybridized carbons (Fsp3) is 0.250. The third-order valence-electron chi connectivity index (χ3n) is 3.73. The van der Waals surface area contributed by atoms with Crippen molar-refractivity contribution in [1.82, 2.24) is 4.31 Å². The molecular formula is C16H16ClNO2S. The summed E-state index contributed by atoms with van der Waals surface area (Å²) in [5.74, 6) is -0.00424. The lowest BCUT2D eigenvalue weighted by Crippen LogP contribution is -2.36. The fourth-order valence-electron chi connectivity index (χ4n) is 2.64. The van der Waals surface area contributed by atoms with Gasteiger partial charge >= 0.3 is 0 Å². The van der Waals surface area contributed by atoms with E-state index in [1.165, 1.54) is 5.56 Å². The molecule has 2 aromatic rings. The molecule has 0 atom stereocenters. The molecule has 0 bridgehead atoms. The van der Waals surface area contributed by atoms with Gasteiger partial charge in [0.1, 0.15) is 0 Å². The molecule has 3 rings (SSSR count). The number of fused-ring (bicyclic) bond motifs is 1. The van der Waals surface area contributed by atoms with Gasteiger partial charge in [-0.25, -0.2) is 8.42 Å². The molecule has 0 spiro atoms. The molecule has 0 amide bonds. The topological polar surface area (TPSA) is 37.4 Å². The predicted molar refractivity (Wildman–Crippen MR) is 84.6 cm³/mol. The summed E-state index contributed by atoms with van der Waals surface area (Å²) in [5.41, 5.74) is 3.06. The van der Waals surface area contributed by atoms with Crippen LogP contribution in [0.1, 0.15) is 16.7 Å². The number of benzene rings is 2. The molecule has 0 unspecified atom stereocenters. The lowest BCUT2D eigenvalue weighted by Gasteiger charge is -2.28. The largest absolute Gasteiger partial charge is 0.218 e. The van der Waals surface area contributed by atoms with E-state index in [9.17, 15) is 8.42 Å². The van der Waals surface area contributed by atoms with Crippen LogP contribution in [0.25, 0.3) is 0 Å². The van der Waals surface area contributed by atoms with Crippen LogP contribution < -0.4 is 0 Å². The monoisotopic (exact) mass is 321 g/mol. The van der Waals surface area contributed by atoms with Crippen LogP contribution in [0.15, 0.2) is 48.5 Å². The Hall–Kier alpha value is -1.36. The Bertz CT molecular complexity index is 758. The molecule has 3 nitrogen and oxygen atoms in total. The van der Waals surface area contributed by atoms with Crippen LogP contribution >= 0.6 is 11.6 Å². The highest BCUT2D eigenvalue weighted by Crippen LogP contribution is 2.23. The van der Waals surface area contributed by atoms with Crippen molar-refractivity contribution in [3.8, 4) is 0 Å². The minimum absolute atomic E-state index is 0.00424. The number of nitrogens with zero attached hydrogens (tertiary/aromatic N) is 1. The van der Waals surface area contributed by atoms with Gasteiger partial charge in [-0.1, -0.05) is 48.0 Å². The van der Waals surface area contributed by atoms with Crippen LogP contribution in [0.5, 0.6) is 0 Å². The van der Waals surface area contributed by atoms with Crippen LogP contribution in [-0.2, 0) is 28.7 Å². The number of sulfonamides is 1.